The summed E-state index contributed by atoms with van der Waals surface area (Å²) in [6, 6.07) is 9.82. The molecule has 3 N–H and O–H groups in total. The van der Waals surface area contributed by atoms with E-state index >= 15 is 0 Å². The zero-order valence-electron chi connectivity index (χ0n) is 22.6. The van der Waals surface area contributed by atoms with Crippen molar-refractivity contribution in [3.05, 3.63) is 93.1 Å². The maximum atomic E-state index is 12.7. The summed E-state index contributed by atoms with van der Waals surface area (Å²) in [6.45, 7) is 11.0. The normalized spacial score (nSPS) is 14.8. The number of phosphoric acid groups is 1. The third-order valence-electron chi connectivity index (χ3n) is 6.13. The molecule has 0 aliphatic heterocycles. The largest absolute Gasteiger partial charge is 1.00 e. The van der Waals surface area contributed by atoms with Gasteiger partial charge in [0.2, 0.25) is 0 Å². The zero-order valence-corrected chi connectivity index (χ0v) is 25.5. The third-order valence-corrected chi connectivity index (χ3v) is 6.55. The summed E-state index contributed by atoms with van der Waals surface area (Å²) in [7, 11) is -5.30. The predicted molar refractivity (Wildman–Crippen MR) is 138 cm³/mol. The molecule has 3 rings (SSSR count). The molecule has 0 spiro atoms. The zero-order chi connectivity index (χ0) is 26.9. The van der Waals surface area contributed by atoms with Gasteiger partial charge in [0.25, 0.3) is 0 Å². The van der Waals surface area contributed by atoms with Gasteiger partial charge in [0, 0.05) is 5.57 Å². The van der Waals surface area contributed by atoms with Gasteiger partial charge in [-0.2, -0.15) is 0 Å². The van der Waals surface area contributed by atoms with Crippen LogP contribution in [0.2, 0.25) is 0 Å². The molecule has 198 valence electrons. The van der Waals surface area contributed by atoms with Crippen molar-refractivity contribution in [3.8, 4) is 5.75 Å². The molecule has 1 aliphatic rings. The number of hydrogen-bond acceptors (Lipinski definition) is 6. The minimum atomic E-state index is -5.30. The standard InChI is InChI=1S/C28H31O7P.Na.H2O/c1-15(2)21-13-23(17(5)11-25(21)29)27(19-9-7-8-10-20(19)28(30)31)24-14-22(16(3)4)26(12-18(24)6)35-36(32,33)34;;/h7-16H,1-6H3,(H,30,31)(H2,32,33,34);;1H2/q;+1;/p-2/b27-23+;;. The van der Waals surface area contributed by atoms with E-state index in [4.69, 9.17) is 4.52 Å². The minimum Gasteiger partial charge on any atom is -0.780 e. The molecule has 0 saturated carbocycles. The molecule has 1 aliphatic carbocycles. The molecular formula is C28H31NaO8P-. The van der Waals surface area contributed by atoms with Gasteiger partial charge in [0.05, 0.1) is 5.56 Å². The first-order valence-electron chi connectivity index (χ1n) is 11.6. The van der Waals surface area contributed by atoms with Gasteiger partial charge in [-0.05, 0) is 95.0 Å². The van der Waals surface area contributed by atoms with Crippen LogP contribution in [0, 0.1) is 12.8 Å². The molecule has 10 heteroatoms. The molecule has 0 saturated heterocycles. The van der Waals surface area contributed by atoms with Gasteiger partial charge in [0.1, 0.15) is 13.6 Å². The number of carbonyl (C=O) groups excluding carboxylic acids is 1. The van der Waals surface area contributed by atoms with Crippen LogP contribution in [-0.2, 0) is 9.36 Å². The van der Waals surface area contributed by atoms with E-state index in [1.54, 1.807) is 50.3 Å². The second kappa shape index (κ2) is 13.2. The quantitative estimate of drug-likeness (QED) is 0.400. The van der Waals surface area contributed by atoms with Gasteiger partial charge in [0.15, 0.2) is 5.78 Å². The first kappa shape index (κ1) is 33.7. The van der Waals surface area contributed by atoms with E-state index in [0.29, 0.717) is 44.5 Å². The molecule has 0 heterocycles. The second-order valence-electron chi connectivity index (χ2n) is 9.48. The average molecular weight is 550 g/mol. The van der Waals surface area contributed by atoms with Crippen molar-refractivity contribution < 1.29 is 68.6 Å². The molecule has 0 atom stereocenters. The van der Waals surface area contributed by atoms with E-state index in [-0.39, 0.29) is 64.0 Å². The molecule has 0 radical (unpaired) electrons. The fourth-order valence-corrected chi connectivity index (χ4v) is 4.76. The van der Waals surface area contributed by atoms with Gasteiger partial charge in [-0.25, -0.2) is 4.79 Å². The Hall–Kier alpha value is -2.29. The van der Waals surface area contributed by atoms with Crippen molar-refractivity contribution in [2.45, 2.75) is 47.5 Å². The number of ketones is 1. The fourth-order valence-electron chi connectivity index (χ4n) is 4.36. The van der Waals surface area contributed by atoms with Crippen LogP contribution in [0.5, 0.6) is 5.75 Å². The molecule has 0 aromatic heterocycles. The summed E-state index contributed by atoms with van der Waals surface area (Å²) < 4.78 is 16.2. The molecular weight excluding hydrogens is 518 g/mol. The van der Waals surface area contributed by atoms with Crippen molar-refractivity contribution in [2.75, 3.05) is 0 Å². The number of carbonyl (C=O) groups is 2. The van der Waals surface area contributed by atoms with E-state index in [2.05, 4.69) is 0 Å². The summed E-state index contributed by atoms with van der Waals surface area (Å²) in [6.07, 6.45) is 3.36. The predicted octanol–water partition coefficient (Wildman–Crippen LogP) is 1.12. The van der Waals surface area contributed by atoms with Gasteiger partial charge >= 0.3 is 35.5 Å². The van der Waals surface area contributed by atoms with Crippen molar-refractivity contribution in [2.24, 2.45) is 5.92 Å². The van der Waals surface area contributed by atoms with E-state index in [1.165, 1.54) is 12.1 Å². The number of aryl methyl sites for hydroxylation is 1. The Bertz CT molecular complexity index is 1380. The maximum absolute atomic E-state index is 12.7. The van der Waals surface area contributed by atoms with Gasteiger partial charge in [-0.1, -0.05) is 45.9 Å². The van der Waals surface area contributed by atoms with Crippen LogP contribution in [0.15, 0.2) is 65.3 Å². The topological polar surface area (TPSA) is 158 Å². The molecule has 2 aromatic rings. The van der Waals surface area contributed by atoms with Crippen LogP contribution in [0.25, 0.3) is 5.57 Å². The van der Waals surface area contributed by atoms with Gasteiger partial charge in [-0.3, -0.25) is 4.79 Å². The molecule has 8 nitrogen and oxygen atoms in total. The summed E-state index contributed by atoms with van der Waals surface area (Å²) in [5.41, 5.74) is 4.79. The number of carboxylic acids is 1. The van der Waals surface area contributed by atoms with Crippen molar-refractivity contribution in [1.29, 1.82) is 0 Å². The van der Waals surface area contributed by atoms with Gasteiger partial charge < -0.3 is 29.5 Å². The summed E-state index contributed by atoms with van der Waals surface area (Å²) in [4.78, 5) is 47.7. The molecule has 38 heavy (non-hydrogen) atoms. The molecule has 0 fully saturated rings. The molecule has 0 bridgehead atoms. The Morgan fingerprint density at radius 3 is 2.03 bits per heavy atom. The van der Waals surface area contributed by atoms with Crippen LogP contribution in [0.4, 0.5) is 0 Å². The Morgan fingerprint density at radius 1 is 0.947 bits per heavy atom. The number of carboxylic acid groups (broad SMARTS) is 1. The van der Waals surface area contributed by atoms with E-state index in [9.17, 15) is 29.0 Å². The number of benzene rings is 2. The Balaban J connectivity index is 0.00000361. The first-order valence-corrected chi connectivity index (χ1v) is 13.1. The number of aromatic carboxylic acids is 1. The van der Waals surface area contributed by atoms with Crippen LogP contribution in [-0.4, -0.2) is 22.3 Å². The fraction of sp³-hybridized carbons (Fsp3) is 0.286. The number of phosphoric ester groups is 1. The second-order valence-corrected chi connectivity index (χ2v) is 10.6. The van der Waals surface area contributed by atoms with Crippen LogP contribution in [0.1, 0.15) is 73.1 Å². The molecule has 0 amide bonds. The summed E-state index contributed by atoms with van der Waals surface area (Å²) >= 11 is 0. The smallest absolute Gasteiger partial charge is 0.780 e. The average Bonchev–Trinajstić information content (AvgIpc) is 2.75. The Morgan fingerprint density at radius 2 is 1.53 bits per heavy atom. The van der Waals surface area contributed by atoms with Gasteiger partial charge in [-0.15, -0.1) is 0 Å². The number of hydrogen-bond donors (Lipinski definition) is 1. The van der Waals surface area contributed by atoms with Crippen molar-refractivity contribution in [3.63, 3.8) is 0 Å². The van der Waals surface area contributed by atoms with E-state index < -0.39 is 13.8 Å². The van der Waals surface area contributed by atoms with E-state index in [1.807, 2.05) is 27.7 Å². The number of allylic oxidation sites excluding steroid dienone is 5. The first-order chi connectivity index (χ1) is 16.7. The van der Waals surface area contributed by atoms with E-state index in [0.717, 1.165) is 0 Å². The molecule has 2 aromatic carbocycles. The van der Waals surface area contributed by atoms with Crippen molar-refractivity contribution >= 4 is 25.1 Å². The maximum Gasteiger partial charge on any atom is 1.00 e. The number of rotatable bonds is 7. The Labute approximate surface area is 245 Å². The molecule has 0 unspecified atom stereocenters. The minimum absolute atomic E-state index is 0. The monoisotopic (exact) mass is 549 g/mol. The van der Waals surface area contributed by atoms with Crippen LogP contribution in [0.3, 0.4) is 0 Å². The summed E-state index contributed by atoms with van der Waals surface area (Å²) in [5, 5.41) is 9.96. The third kappa shape index (κ3) is 7.42. The van der Waals surface area contributed by atoms with Crippen LogP contribution < -0.4 is 43.9 Å². The Kier molecular flexibility index (Phi) is 11.7. The SMILES string of the molecule is CC1=CC(=O)C(C(C)C)=C/C1=C(\c1cc(C(C)C)c(OP(=O)([O-])[O-])cc1C)c1ccccc1C(=O)O.O.[Na+]. The summed E-state index contributed by atoms with van der Waals surface area (Å²) in [5.74, 6) is -1.52. The van der Waals surface area contributed by atoms with Crippen molar-refractivity contribution in [1.82, 2.24) is 0 Å². The van der Waals surface area contributed by atoms with Crippen LogP contribution >= 0.6 is 7.82 Å².